The molecule has 1 aliphatic carbocycles. The minimum atomic E-state index is 0.299. The number of nitrogens with zero attached hydrogens (tertiary/aromatic N) is 2. The van der Waals surface area contributed by atoms with Crippen molar-refractivity contribution in [1.29, 1.82) is 0 Å². The van der Waals surface area contributed by atoms with Crippen LogP contribution in [0.3, 0.4) is 0 Å². The summed E-state index contributed by atoms with van der Waals surface area (Å²) in [5, 5.41) is 9.87. The Morgan fingerprint density at radius 3 is 2.90 bits per heavy atom. The fourth-order valence-electron chi connectivity index (χ4n) is 2.88. The lowest BCUT2D eigenvalue weighted by Crippen LogP contribution is -2.37. The van der Waals surface area contributed by atoms with E-state index in [1.54, 1.807) is 6.20 Å². The molecule has 2 aliphatic rings. The molecule has 1 N–H and O–H groups in total. The Balaban J connectivity index is 1.79. The van der Waals surface area contributed by atoms with Crippen molar-refractivity contribution in [3.63, 3.8) is 0 Å². The molecule has 0 unspecified atom stereocenters. The number of aromatic nitrogens is 1. The van der Waals surface area contributed by atoms with E-state index in [1.165, 1.54) is 10.3 Å². The van der Waals surface area contributed by atoms with Crippen molar-refractivity contribution < 1.29 is 14.7 Å². The molecule has 1 aliphatic heterocycles. The van der Waals surface area contributed by atoms with Crippen LogP contribution in [0.4, 0.5) is 0 Å². The molecule has 1 aromatic heterocycles. The van der Waals surface area contributed by atoms with Crippen LogP contribution < -0.4 is 4.73 Å². The van der Waals surface area contributed by atoms with Crippen LogP contribution in [0, 0.1) is 5.92 Å². The molecule has 0 bridgehead atoms. The average Bonchev–Trinajstić information content (AvgIpc) is 3.31. The van der Waals surface area contributed by atoms with Crippen molar-refractivity contribution in [2.45, 2.75) is 32.6 Å². The van der Waals surface area contributed by atoms with Gasteiger partial charge in [0.15, 0.2) is 0 Å². The zero-order valence-electron chi connectivity index (χ0n) is 11.9. The molecule has 0 radical (unpaired) electrons. The summed E-state index contributed by atoms with van der Waals surface area (Å²) in [5.41, 5.74) is 3.28. The lowest BCUT2D eigenvalue weighted by Gasteiger charge is -2.26. The number of pyridine rings is 1. The van der Waals surface area contributed by atoms with E-state index < -0.39 is 0 Å². The third kappa shape index (κ3) is 2.42. The molecule has 106 valence electrons. The summed E-state index contributed by atoms with van der Waals surface area (Å²) >= 11 is 0. The standard InChI is InChI=1S/C16H21N2O2/c1-2-15-14(4-3-9-18(15)20)12-7-10-17(11-8-12)16(19)13-5-6-13/h3-4,7,9,13,20H,2,5-6,8,10-11H2,1H3/q+1. The molecule has 4 nitrogen and oxygen atoms in total. The van der Waals surface area contributed by atoms with E-state index in [1.807, 2.05) is 17.9 Å². The van der Waals surface area contributed by atoms with Gasteiger partial charge in [-0.2, -0.15) is 0 Å². The lowest BCUT2D eigenvalue weighted by molar-refractivity contribution is -0.909. The number of carbonyl (C=O) groups is 1. The first-order valence-electron chi connectivity index (χ1n) is 7.41. The van der Waals surface area contributed by atoms with Gasteiger partial charge < -0.3 is 4.90 Å². The third-order valence-corrected chi connectivity index (χ3v) is 4.21. The molecule has 1 fully saturated rings. The van der Waals surface area contributed by atoms with Crippen LogP contribution in [0.15, 0.2) is 24.4 Å². The lowest BCUT2D eigenvalue weighted by atomic mass is 9.97. The van der Waals surface area contributed by atoms with E-state index >= 15 is 0 Å². The second kappa shape index (κ2) is 5.27. The Bertz CT molecular complexity index is 562. The van der Waals surface area contributed by atoms with Gasteiger partial charge in [0, 0.05) is 41.8 Å². The van der Waals surface area contributed by atoms with Crippen molar-refractivity contribution in [2.75, 3.05) is 13.1 Å². The molecule has 1 amide bonds. The van der Waals surface area contributed by atoms with Crippen LogP contribution in [0.2, 0.25) is 0 Å². The Kier molecular flexibility index (Phi) is 3.47. The fraction of sp³-hybridized carbons (Fsp3) is 0.500. The van der Waals surface area contributed by atoms with E-state index in [-0.39, 0.29) is 0 Å². The van der Waals surface area contributed by atoms with Crippen molar-refractivity contribution in [3.05, 3.63) is 35.7 Å². The summed E-state index contributed by atoms with van der Waals surface area (Å²) < 4.78 is 1.21. The second-order valence-electron chi connectivity index (χ2n) is 5.60. The van der Waals surface area contributed by atoms with Gasteiger partial charge in [-0.05, 0) is 30.9 Å². The number of rotatable bonds is 3. The predicted molar refractivity (Wildman–Crippen MR) is 75.1 cm³/mol. The largest absolute Gasteiger partial charge is 0.338 e. The Labute approximate surface area is 119 Å². The summed E-state index contributed by atoms with van der Waals surface area (Å²) in [6, 6.07) is 3.91. The second-order valence-corrected chi connectivity index (χ2v) is 5.60. The monoisotopic (exact) mass is 273 g/mol. The normalized spacial score (nSPS) is 18.9. The van der Waals surface area contributed by atoms with Gasteiger partial charge in [-0.3, -0.25) is 10.0 Å². The Morgan fingerprint density at radius 2 is 2.30 bits per heavy atom. The van der Waals surface area contributed by atoms with Crippen LogP contribution in [-0.2, 0) is 11.2 Å². The van der Waals surface area contributed by atoms with E-state index in [4.69, 9.17) is 0 Å². The van der Waals surface area contributed by atoms with E-state index in [0.717, 1.165) is 43.5 Å². The quantitative estimate of drug-likeness (QED) is 0.674. The topological polar surface area (TPSA) is 44.4 Å². The van der Waals surface area contributed by atoms with Crippen LogP contribution in [-0.4, -0.2) is 29.1 Å². The van der Waals surface area contributed by atoms with Gasteiger partial charge >= 0.3 is 0 Å². The van der Waals surface area contributed by atoms with Crippen LogP contribution in [0.1, 0.15) is 37.4 Å². The average molecular weight is 273 g/mol. The highest BCUT2D eigenvalue weighted by Crippen LogP contribution is 2.32. The highest BCUT2D eigenvalue weighted by atomic mass is 16.5. The van der Waals surface area contributed by atoms with Crippen molar-refractivity contribution >= 4 is 11.5 Å². The van der Waals surface area contributed by atoms with Crippen LogP contribution in [0.5, 0.6) is 0 Å². The Morgan fingerprint density at radius 1 is 1.50 bits per heavy atom. The van der Waals surface area contributed by atoms with E-state index in [2.05, 4.69) is 12.1 Å². The van der Waals surface area contributed by atoms with Crippen molar-refractivity contribution in [1.82, 2.24) is 4.90 Å². The molecule has 0 saturated heterocycles. The van der Waals surface area contributed by atoms with Crippen LogP contribution in [0.25, 0.3) is 5.57 Å². The summed E-state index contributed by atoms with van der Waals surface area (Å²) in [5.74, 6) is 0.619. The predicted octanol–water partition coefficient (Wildman–Crippen LogP) is 1.80. The van der Waals surface area contributed by atoms with Gasteiger partial charge in [0.25, 0.3) is 0 Å². The molecule has 1 saturated carbocycles. The molecule has 20 heavy (non-hydrogen) atoms. The molecule has 3 rings (SSSR count). The number of hydrogen-bond acceptors (Lipinski definition) is 2. The number of carbonyl (C=O) groups excluding carboxylic acids is 1. The maximum atomic E-state index is 12.0. The third-order valence-electron chi connectivity index (χ3n) is 4.21. The molecule has 0 aromatic carbocycles. The molecular weight excluding hydrogens is 252 g/mol. The van der Waals surface area contributed by atoms with Gasteiger partial charge in [-0.1, -0.05) is 13.0 Å². The van der Waals surface area contributed by atoms with E-state index in [0.29, 0.717) is 18.4 Å². The highest BCUT2D eigenvalue weighted by Gasteiger charge is 2.34. The molecule has 1 aromatic rings. The first-order chi connectivity index (χ1) is 9.70. The zero-order chi connectivity index (χ0) is 14.1. The van der Waals surface area contributed by atoms with E-state index in [9.17, 15) is 10.0 Å². The molecule has 2 heterocycles. The smallest absolute Gasteiger partial charge is 0.241 e. The highest BCUT2D eigenvalue weighted by molar-refractivity contribution is 5.82. The van der Waals surface area contributed by atoms with Crippen LogP contribution >= 0.6 is 0 Å². The van der Waals surface area contributed by atoms with Crippen molar-refractivity contribution in [2.24, 2.45) is 5.92 Å². The van der Waals surface area contributed by atoms with Gasteiger partial charge in [-0.15, -0.1) is 0 Å². The first-order valence-corrected chi connectivity index (χ1v) is 7.41. The van der Waals surface area contributed by atoms with Gasteiger partial charge in [-0.25, -0.2) is 0 Å². The maximum Gasteiger partial charge on any atom is 0.241 e. The fourth-order valence-corrected chi connectivity index (χ4v) is 2.88. The SMILES string of the molecule is CCc1c(C2=CCN(C(=O)C3CC3)CC2)ccc[n+]1O. The first kappa shape index (κ1) is 13.2. The van der Waals surface area contributed by atoms with Gasteiger partial charge in [0.05, 0.1) is 0 Å². The molecular formula is C16H21N2O2+. The van der Waals surface area contributed by atoms with Crippen molar-refractivity contribution in [3.8, 4) is 0 Å². The minimum Gasteiger partial charge on any atom is -0.338 e. The minimum absolute atomic E-state index is 0.299. The summed E-state index contributed by atoms with van der Waals surface area (Å²) in [4.78, 5) is 14.0. The summed E-state index contributed by atoms with van der Waals surface area (Å²) in [7, 11) is 0. The number of amides is 1. The molecule has 0 atom stereocenters. The zero-order valence-corrected chi connectivity index (χ0v) is 11.9. The van der Waals surface area contributed by atoms with Gasteiger partial charge in [0.2, 0.25) is 17.8 Å². The number of hydrogen-bond donors (Lipinski definition) is 1. The van der Waals surface area contributed by atoms with Gasteiger partial charge in [0.1, 0.15) is 0 Å². The molecule has 0 spiro atoms. The summed E-state index contributed by atoms with van der Waals surface area (Å²) in [6.45, 7) is 3.54. The molecule has 4 heteroatoms. The Hall–Kier alpha value is -1.84. The summed E-state index contributed by atoms with van der Waals surface area (Å²) in [6.07, 6.45) is 7.58. The maximum absolute atomic E-state index is 12.0.